The molecule has 1 fully saturated rings. The minimum absolute atomic E-state index is 0.183. The maximum atomic E-state index is 13.4. The molecule has 0 bridgehead atoms. The molecule has 0 atom stereocenters. The van der Waals surface area contributed by atoms with Crippen LogP contribution in [0.4, 0.5) is 35.0 Å². The van der Waals surface area contributed by atoms with Gasteiger partial charge in [-0.3, -0.25) is 4.79 Å². The summed E-state index contributed by atoms with van der Waals surface area (Å²) in [5.74, 6) is -1.58. The van der Waals surface area contributed by atoms with Gasteiger partial charge in [-0.25, -0.2) is 19.2 Å². The van der Waals surface area contributed by atoms with Gasteiger partial charge >= 0.3 is 12.1 Å². The summed E-state index contributed by atoms with van der Waals surface area (Å²) in [5.41, 5.74) is 2.10. The van der Waals surface area contributed by atoms with Gasteiger partial charge in [0.25, 0.3) is 5.91 Å². The number of halogens is 4. The van der Waals surface area contributed by atoms with Crippen LogP contribution in [0.25, 0.3) is 0 Å². The Morgan fingerprint density at radius 2 is 1.92 bits per heavy atom. The molecule has 1 aromatic carbocycles. The third-order valence-electron chi connectivity index (χ3n) is 5.03. The molecule has 0 saturated heterocycles. The maximum absolute atomic E-state index is 13.4. The number of anilines is 3. The summed E-state index contributed by atoms with van der Waals surface area (Å²) in [6.45, 7) is 1.18. The number of hydrogen-bond donors (Lipinski definition) is 4. The minimum Gasteiger partial charge on any atom is -0.475 e. The molecule has 10 nitrogen and oxygen atoms in total. The Morgan fingerprint density at radius 1 is 1.19 bits per heavy atom. The molecule has 0 radical (unpaired) electrons. The van der Waals surface area contributed by atoms with Crippen molar-refractivity contribution in [2.45, 2.75) is 31.4 Å². The predicted octanol–water partition coefficient (Wildman–Crippen LogP) is 3.84. The number of carboxylic acid groups (broad SMARTS) is 1. The van der Waals surface area contributed by atoms with Crippen LogP contribution >= 0.6 is 0 Å². The number of imidazole rings is 1. The first-order chi connectivity index (χ1) is 17.5. The fourth-order valence-electron chi connectivity index (χ4n) is 3.10. The zero-order valence-electron chi connectivity index (χ0n) is 19.7. The highest BCUT2D eigenvalue weighted by Crippen LogP contribution is 2.42. The van der Waals surface area contributed by atoms with E-state index >= 15 is 0 Å². The van der Waals surface area contributed by atoms with E-state index in [1.165, 1.54) is 12.1 Å². The van der Waals surface area contributed by atoms with Gasteiger partial charge in [-0.1, -0.05) is 6.07 Å². The number of nitrogens with zero attached hydrogens (tertiary/aromatic N) is 4. The summed E-state index contributed by atoms with van der Waals surface area (Å²) in [5, 5.41) is 16.4. The first-order valence-corrected chi connectivity index (χ1v) is 11.2. The number of hydrogen-bond acceptors (Lipinski definition) is 7. The molecule has 0 spiro atoms. The third-order valence-corrected chi connectivity index (χ3v) is 5.03. The maximum Gasteiger partial charge on any atom is 0.490 e. The van der Waals surface area contributed by atoms with E-state index in [0.717, 1.165) is 30.6 Å². The van der Waals surface area contributed by atoms with Gasteiger partial charge in [-0.2, -0.15) is 18.2 Å². The first kappa shape index (κ1) is 27.4. The van der Waals surface area contributed by atoms with E-state index in [4.69, 9.17) is 9.90 Å². The highest BCUT2D eigenvalue weighted by Gasteiger charge is 2.38. The molecule has 0 unspecified atom stereocenters. The number of carbonyl (C=O) groups excluding carboxylic acids is 1. The van der Waals surface area contributed by atoms with Crippen molar-refractivity contribution in [2.75, 3.05) is 23.7 Å². The summed E-state index contributed by atoms with van der Waals surface area (Å²) in [7, 11) is 1.82. The minimum atomic E-state index is -5.08. The average molecular weight is 523 g/mol. The van der Waals surface area contributed by atoms with E-state index in [9.17, 15) is 22.4 Å². The largest absolute Gasteiger partial charge is 0.490 e. The molecule has 2 heterocycles. The van der Waals surface area contributed by atoms with Crippen LogP contribution in [0.15, 0.2) is 43.0 Å². The van der Waals surface area contributed by atoms with Crippen molar-refractivity contribution in [3.63, 3.8) is 0 Å². The van der Waals surface area contributed by atoms with Crippen molar-refractivity contribution in [3.05, 3.63) is 60.1 Å². The fourth-order valence-corrected chi connectivity index (χ4v) is 3.10. The van der Waals surface area contributed by atoms with Gasteiger partial charge in [-0.15, -0.1) is 0 Å². The van der Waals surface area contributed by atoms with Crippen molar-refractivity contribution in [2.24, 2.45) is 7.05 Å². The van der Waals surface area contributed by atoms with Crippen LogP contribution in [-0.4, -0.2) is 55.8 Å². The normalized spacial score (nSPS) is 12.8. The molecule has 4 rings (SSSR count). The number of nitrogens with one attached hydrogen (secondary N) is 3. The Labute approximate surface area is 209 Å². The molecule has 198 valence electrons. The zero-order valence-corrected chi connectivity index (χ0v) is 19.7. The summed E-state index contributed by atoms with van der Waals surface area (Å²) in [4.78, 5) is 33.9. The topological polar surface area (TPSA) is 134 Å². The SMILES string of the molecule is Cn1cnc(C(=O)NCCCNc2nc(Nc3cccc(F)c3)ncc2C2CC2)c1.O=C(O)C(F)(F)F. The lowest BCUT2D eigenvalue weighted by molar-refractivity contribution is -0.192. The van der Waals surface area contributed by atoms with Gasteiger partial charge in [0.15, 0.2) is 0 Å². The second-order valence-corrected chi connectivity index (χ2v) is 8.17. The van der Waals surface area contributed by atoms with Gasteiger partial charge in [-0.05, 0) is 43.4 Å². The Hall–Kier alpha value is -4.23. The van der Waals surface area contributed by atoms with E-state index in [1.807, 2.05) is 13.2 Å². The quantitative estimate of drug-likeness (QED) is 0.246. The number of aliphatic carboxylic acids is 1. The van der Waals surface area contributed by atoms with Gasteiger partial charge in [0.05, 0.1) is 6.33 Å². The molecule has 1 aliphatic rings. The van der Waals surface area contributed by atoms with Crippen LogP contribution in [0.2, 0.25) is 0 Å². The fraction of sp³-hybridized carbons (Fsp3) is 0.348. The molecular formula is C23H25F4N7O3. The Morgan fingerprint density at radius 3 is 2.51 bits per heavy atom. The molecule has 1 aliphatic carbocycles. The van der Waals surface area contributed by atoms with E-state index in [1.54, 1.807) is 29.2 Å². The number of rotatable bonds is 9. The summed E-state index contributed by atoms with van der Waals surface area (Å²) in [6, 6.07) is 6.19. The number of carbonyl (C=O) groups is 2. The van der Waals surface area contributed by atoms with Crippen LogP contribution in [0.3, 0.4) is 0 Å². The van der Waals surface area contributed by atoms with Crippen molar-refractivity contribution in [1.82, 2.24) is 24.8 Å². The van der Waals surface area contributed by atoms with Crippen molar-refractivity contribution >= 4 is 29.3 Å². The van der Waals surface area contributed by atoms with Gasteiger partial charge in [0.2, 0.25) is 5.95 Å². The number of benzene rings is 1. The number of aryl methyl sites for hydroxylation is 1. The highest BCUT2D eigenvalue weighted by atomic mass is 19.4. The standard InChI is InChI=1S/C21H24FN7O.C2HF3O2/c1-29-12-18(26-13-29)20(30)24-9-3-8-23-19-17(14-6-7-14)11-25-21(28-19)27-16-5-2-4-15(22)10-16;3-2(4,5)1(6)7/h2,4-5,10-14H,3,6-9H2,1H3,(H,24,30)(H2,23,25,27,28);(H,6,7). The second-order valence-electron chi connectivity index (χ2n) is 8.17. The predicted molar refractivity (Wildman–Crippen MR) is 126 cm³/mol. The highest BCUT2D eigenvalue weighted by molar-refractivity contribution is 5.91. The van der Waals surface area contributed by atoms with Gasteiger partial charge in [0, 0.05) is 43.8 Å². The average Bonchev–Trinajstić information content (AvgIpc) is 3.58. The molecule has 3 aromatic rings. The Kier molecular flexibility index (Phi) is 8.98. The van der Waals surface area contributed by atoms with Crippen LogP contribution in [0, 0.1) is 5.82 Å². The molecule has 4 N–H and O–H groups in total. The van der Waals surface area contributed by atoms with Crippen LogP contribution < -0.4 is 16.0 Å². The van der Waals surface area contributed by atoms with Crippen molar-refractivity contribution < 1.29 is 32.3 Å². The number of amides is 1. The van der Waals surface area contributed by atoms with Crippen LogP contribution in [-0.2, 0) is 11.8 Å². The number of aromatic nitrogens is 4. The van der Waals surface area contributed by atoms with E-state index < -0.39 is 12.1 Å². The molecule has 1 saturated carbocycles. The molecule has 0 aliphatic heterocycles. The summed E-state index contributed by atoms with van der Waals surface area (Å²) >= 11 is 0. The molecule has 1 amide bonds. The molecule has 37 heavy (non-hydrogen) atoms. The van der Waals surface area contributed by atoms with Crippen molar-refractivity contribution in [1.29, 1.82) is 0 Å². The Bertz CT molecular complexity index is 1230. The smallest absolute Gasteiger partial charge is 0.475 e. The molecule has 14 heteroatoms. The lowest BCUT2D eigenvalue weighted by Gasteiger charge is -2.13. The van der Waals surface area contributed by atoms with Gasteiger partial charge < -0.3 is 25.6 Å². The monoisotopic (exact) mass is 523 g/mol. The van der Waals surface area contributed by atoms with E-state index in [2.05, 4.69) is 30.9 Å². The van der Waals surface area contributed by atoms with Gasteiger partial charge in [0.1, 0.15) is 17.3 Å². The number of alkyl halides is 3. The number of carboxylic acids is 1. The lowest BCUT2D eigenvalue weighted by Crippen LogP contribution is -2.26. The van der Waals surface area contributed by atoms with Crippen LogP contribution in [0.1, 0.15) is 41.2 Å². The van der Waals surface area contributed by atoms with Crippen LogP contribution in [0.5, 0.6) is 0 Å². The lowest BCUT2D eigenvalue weighted by atomic mass is 10.2. The molecule has 2 aromatic heterocycles. The third kappa shape index (κ3) is 8.74. The summed E-state index contributed by atoms with van der Waals surface area (Å²) in [6.07, 6.45) is 3.03. The van der Waals surface area contributed by atoms with E-state index in [-0.39, 0.29) is 11.7 Å². The second kappa shape index (κ2) is 12.1. The molecular weight excluding hydrogens is 498 g/mol. The zero-order chi connectivity index (χ0) is 27.0. The first-order valence-electron chi connectivity index (χ1n) is 11.2. The Balaban J connectivity index is 0.000000479. The van der Waals surface area contributed by atoms with E-state index in [0.29, 0.717) is 36.3 Å². The van der Waals surface area contributed by atoms with Crippen molar-refractivity contribution in [3.8, 4) is 0 Å². The summed E-state index contributed by atoms with van der Waals surface area (Å²) < 4.78 is 46.9.